The van der Waals surface area contributed by atoms with E-state index in [1.807, 2.05) is 24.3 Å². The molecule has 0 unspecified atom stereocenters. The third-order valence-corrected chi connectivity index (χ3v) is 3.54. The Labute approximate surface area is 104 Å². The molecule has 0 aromatic heterocycles. The molecular weight excluding hydrogens is 240 g/mol. The third-order valence-electron chi connectivity index (χ3n) is 2.34. The Bertz CT molecular complexity index is 434. The fourth-order valence-corrected chi connectivity index (χ4v) is 2.78. The zero-order valence-corrected chi connectivity index (χ0v) is 10.3. The van der Waals surface area contributed by atoms with Crippen LogP contribution in [0.3, 0.4) is 0 Å². The van der Waals surface area contributed by atoms with Gasteiger partial charge in [-0.05, 0) is 12.1 Å². The van der Waals surface area contributed by atoms with Crippen molar-refractivity contribution in [3.8, 4) is 0 Å². The van der Waals surface area contributed by atoms with Crippen LogP contribution in [0, 0.1) is 0 Å². The minimum Gasteiger partial charge on any atom is -0.392 e. The average molecular weight is 252 g/mol. The SMILES string of the molecule is NC(=S)CN1C(=O)CCSc2ccccc21. The molecule has 1 aliphatic rings. The van der Waals surface area contributed by atoms with Crippen molar-refractivity contribution in [2.24, 2.45) is 5.73 Å². The number of nitrogens with zero attached hydrogens (tertiary/aromatic N) is 1. The van der Waals surface area contributed by atoms with Crippen LogP contribution in [0.25, 0.3) is 0 Å². The molecule has 0 fully saturated rings. The summed E-state index contributed by atoms with van der Waals surface area (Å²) < 4.78 is 0. The summed E-state index contributed by atoms with van der Waals surface area (Å²) in [5.41, 5.74) is 6.44. The molecule has 1 heterocycles. The summed E-state index contributed by atoms with van der Waals surface area (Å²) in [6.07, 6.45) is 0.530. The lowest BCUT2D eigenvalue weighted by molar-refractivity contribution is -0.118. The molecule has 1 amide bonds. The first kappa shape index (κ1) is 11.4. The van der Waals surface area contributed by atoms with Gasteiger partial charge in [-0.15, -0.1) is 11.8 Å². The Kier molecular flexibility index (Phi) is 3.46. The number of rotatable bonds is 2. The summed E-state index contributed by atoms with van der Waals surface area (Å²) in [5, 5.41) is 0. The molecule has 5 heteroatoms. The molecule has 0 atom stereocenters. The maximum absolute atomic E-state index is 11.9. The quantitative estimate of drug-likeness (QED) is 0.815. The Morgan fingerprint density at radius 3 is 3.00 bits per heavy atom. The number of hydrogen-bond acceptors (Lipinski definition) is 3. The number of thioether (sulfide) groups is 1. The van der Waals surface area contributed by atoms with Crippen molar-refractivity contribution >= 4 is 40.6 Å². The maximum atomic E-state index is 11.9. The normalized spacial score (nSPS) is 15.5. The number of carbonyl (C=O) groups excluding carboxylic acids is 1. The summed E-state index contributed by atoms with van der Waals surface area (Å²) >= 11 is 6.58. The minimum atomic E-state index is 0.0882. The number of carbonyl (C=O) groups is 1. The fraction of sp³-hybridized carbons (Fsp3) is 0.273. The number of thiocarbonyl (C=S) groups is 1. The molecule has 3 nitrogen and oxygen atoms in total. The summed E-state index contributed by atoms with van der Waals surface area (Å²) in [6, 6.07) is 7.85. The largest absolute Gasteiger partial charge is 0.392 e. The number of benzene rings is 1. The van der Waals surface area contributed by atoms with Crippen molar-refractivity contribution in [2.45, 2.75) is 11.3 Å². The zero-order valence-electron chi connectivity index (χ0n) is 8.68. The van der Waals surface area contributed by atoms with Crippen LogP contribution < -0.4 is 10.6 Å². The van der Waals surface area contributed by atoms with E-state index in [1.165, 1.54) is 0 Å². The number of fused-ring (bicyclic) bond motifs is 1. The second-order valence-corrected chi connectivity index (χ2v) is 5.17. The summed E-state index contributed by atoms with van der Waals surface area (Å²) in [4.78, 5) is 15.0. The summed E-state index contributed by atoms with van der Waals surface area (Å²) in [7, 11) is 0. The van der Waals surface area contributed by atoms with E-state index < -0.39 is 0 Å². The van der Waals surface area contributed by atoms with Crippen LogP contribution in [0.15, 0.2) is 29.2 Å². The Morgan fingerprint density at radius 1 is 1.50 bits per heavy atom. The maximum Gasteiger partial charge on any atom is 0.228 e. The molecule has 0 saturated heterocycles. The molecule has 84 valence electrons. The summed E-state index contributed by atoms with van der Waals surface area (Å²) in [6.45, 7) is 0.325. The standard InChI is InChI=1S/C11H12N2OS2/c12-10(15)7-13-8-3-1-2-4-9(8)16-6-5-11(13)14/h1-4H,5-7H2,(H2,12,15). The Hall–Kier alpha value is -1.07. The van der Waals surface area contributed by atoms with Crippen LogP contribution >= 0.6 is 24.0 Å². The molecule has 2 rings (SSSR count). The second kappa shape index (κ2) is 4.84. The first-order valence-electron chi connectivity index (χ1n) is 4.99. The number of anilines is 1. The van der Waals surface area contributed by atoms with Gasteiger partial charge in [0.1, 0.15) is 0 Å². The van der Waals surface area contributed by atoms with Crippen molar-refractivity contribution in [1.82, 2.24) is 0 Å². The van der Waals surface area contributed by atoms with Crippen LogP contribution in [0.5, 0.6) is 0 Å². The van der Waals surface area contributed by atoms with E-state index in [0.29, 0.717) is 18.0 Å². The van der Waals surface area contributed by atoms with Crippen LogP contribution in [0.1, 0.15) is 6.42 Å². The van der Waals surface area contributed by atoms with Crippen LogP contribution in [0.4, 0.5) is 5.69 Å². The van der Waals surface area contributed by atoms with Gasteiger partial charge in [-0.3, -0.25) is 4.79 Å². The van der Waals surface area contributed by atoms with Gasteiger partial charge in [0, 0.05) is 17.1 Å². The first-order valence-corrected chi connectivity index (χ1v) is 6.38. The smallest absolute Gasteiger partial charge is 0.228 e. The lowest BCUT2D eigenvalue weighted by Crippen LogP contribution is -2.37. The number of hydrogen-bond donors (Lipinski definition) is 1. The first-order chi connectivity index (χ1) is 7.68. The van der Waals surface area contributed by atoms with Crippen molar-refractivity contribution < 1.29 is 4.79 Å². The molecule has 1 aromatic carbocycles. The van der Waals surface area contributed by atoms with E-state index in [4.69, 9.17) is 18.0 Å². The molecule has 0 bridgehead atoms. The fourth-order valence-electron chi connectivity index (χ4n) is 1.65. The summed E-state index contributed by atoms with van der Waals surface area (Å²) in [5.74, 6) is 0.897. The Balaban J connectivity index is 2.39. The second-order valence-electron chi connectivity index (χ2n) is 3.51. The van der Waals surface area contributed by atoms with Gasteiger partial charge in [-0.25, -0.2) is 0 Å². The van der Waals surface area contributed by atoms with Crippen molar-refractivity contribution in [3.05, 3.63) is 24.3 Å². The van der Waals surface area contributed by atoms with Crippen molar-refractivity contribution in [2.75, 3.05) is 17.2 Å². The molecule has 0 spiro atoms. The molecule has 1 aliphatic heterocycles. The van der Waals surface area contributed by atoms with Gasteiger partial charge in [-0.1, -0.05) is 24.4 Å². The average Bonchev–Trinajstić information content (AvgIpc) is 2.40. The van der Waals surface area contributed by atoms with Crippen LogP contribution in [-0.4, -0.2) is 23.2 Å². The molecule has 0 saturated carbocycles. The molecule has 2 N–H and O–H groups in total. The van der Waals surface area contributed by atoms with Crippen LogP contribution in [0.2, 0.25) is 0 Å². The number of amides is 1. The highest BCUT2D eigenvalue weighted by atomic mass is 32.2. The van der Waals surface area contributed by atoms with Gasteiger partial charge in [-0.2, -0.15) is 0 Å². The van der Waals surface area contributed by atoms with Crippen molar-refractivity contribution in [1.29, 1.82) is 0 Å². The van der Waals surface area contributed by atoms with Crippen molar-refractivity contribution in [3.63, 3.8) is 0 Å². The van der Waals surface area contributed by atoms with E-state index >= 15 is 0 Å². The van der Waals surface area contributed by atoms with Crippen LogP contribution in [-0.2, 0) is 4.79 Å². The number of para-hydroxylation sites is 1. The predicted octanol–water partition coefficient (Wildman–Crippen LogP) is 1.80. The minimum absolute atomic E-state index is 0.0882. The molecule has 0 aliphatic carbocycles. The van der Waals surface area contributed by atoms with E-state index in [-0.39, 0.29) is 5.91 Å². The lowest BCUT2D eigenvalue weighted by Gasteiger charge is -2.21. The van der Waals surface area contributed by atoms with E-state index in [9.17, 15) is 4.79 Å². The highest BCUT2D eigenvalue weighted by Gasteiger charge is 2.22. The highest BCUT2D eigenvalue weighted by Crippen LogP contribution is 2.33. The van der Waals surface area contributed by atoms with Gasteiger partial charge in [0.25, 0.3) is 0 Å². The third kappa shape index (κ3) is 2.36. The molecule has 16 heavy (non-hydrogen) atoms. The predicted molar refractivity (Wildman–Crippen MR) is 70.9 cm³/mol. The van der Waals surface area contributed by atoms with Gasteiger partial charge < -0.3 is 10.6 Å². The zero-order chi connectivity index (χ0) is 11.5. The van der Waals surface area contributed by atoms with Gasteiger partial charge in [0.2, 0.25) is 5.91 Å². The monoisotopic (exact) mass is 252 g/mol. The highest BCUT2D eigenvalue weighted by molar-refractivity contribution is 7.99. The van der Waals surface area contributed by atoms with E-state index in [1.54, 1.807) is 16.7 Å². The molecule has 0 radical (unpaired) electrons. The van der Waals surface area contributed by atoms with Gasteiger partial charge in [0.15, 0.2) is 0 Å². The lowest BCUT2D eigenvalue weighted by atomic mass is 10.2. The molecule has 1 aromatic rings. The number of nitrogens with two attached hydrogens (primary N) is 1. The van der Waals surface area contributed by atoms with Gasteiger partial charge >= 0.3 is 0 Å². The molecular formula is C11H12N2OS2. The Morgan fingerprint density at radius 2 is 2.25 bits per heavy atom. The topological polar surface area (TPSA) is 46.3 Å². The van der Waals surface area contributed by atoms with E-state index in [0.717, 1.165) is 16.3 Å². The van der Waals surface area contributed by atoms with E-state index in [2.05, 4.69) is 0 Å². The van der Waals surface area contributed by atoms with Gasteiger partial charge in [0.05, 0.1) is 17.2 Å².